The van der Waals surface area contributed by atoms with Crippen molar-refractivity contribution in [2.45, 2.75) is 44.6 Å². The van der Waals surface area contributed by atoms with E-state index in [9.17, 15) is 9.59 Å². The predicted molar refractivity (Wildman–Crippen MR) is 118 cm³/mol. The quantitative estimate of drug-likeness (QED) is 0.608. The molecule has 1 aliphatic carbocycles. The second-order valence-electron chi connectivity index (χ2n) is 8.69. The minimum absolute atomic E-state index is 0.0890. The normalized spacial score (nSPS) is 20.3. The zero-order chi connectivity index (χ0) is 22.4. The van der Waals surface area contributed by atoms with Crippen LogP contribution in [0.2, 0.25) is 0 Å². The second-order valence-corrected chi connectivity index (χ2v) is 8.69. The van der Waals surface area contributed by atoms with E-state index in [2.05, 4.69) is 20.0 Å². The molecule has 32 heavy (non-hydrogen) atoms. The van der Waals surface area contributed by atoms with Gasteiger partial charge in [0.05, 0.1) is 25.0 Å². The van der Waals surface area contributed by atoms with Gasteiger partial charge in [-0.2, -0.15) is 5.10 Å². The highest BCUT2D eigenvalue weighted by molar-refractivity contribution is 5.81. The van der Waals surface area contributed by atoms with Crippen LogP contribution >= 0.6 is 0 Å². The van der Waals surface area contributed by atoms with E-state index in [1.54, 1.807) is 11.7 Å². The zero-order valence-electron chi connectivity index (χ0n) is 18.6. The fourth-order valence-electron chi connectivity index (χ4n) is 4.54. The average molecular weight is 438 g/mol. The molecule has 1 atom stereocenters. The summed E-state index contributed by atoms with van der Waals surface area (Å²) in [6, 6.07) is 0. The third kappa shape index (κ3) is 3.68. The molecule has 3 aromatic heterocycles. The lowest BCUT2D eigenvalue weighted by atomic mass is 9.85. The van der Waals surface area contributed by atoms with E-state index in [4.69, 9.17) is 9.72 Å². The molecule has 168 valence electrons. The van der Waals surface area contributed by atoms with Gasteiger partial charge >= 0.3 is 0 Å². The van der Waals surface area contributed by atoms with Crippen LogP contribution < -0.4 is 10.5 Å². The summed E-state index contributed by atoms with van der Waals surface area (Å²) in [5, 5.41) is 4.25. The molecule has 0 spiro atoms. The van der Waals surface area contributed by atoms with Crippen LogP contribution in [0.4, 0.5) is 5.95 Å². The zero-order valence-corrected chi connectivity index (χ0v) is 18.6. The highest BCUT2D eigenvalue weighted by Gasteiger charge is 2.29. The van der Waals surface area contributed by atoms with Gasteiger partial charge in [-0.25, -0.2) is 15.0 Å². The van der Waals surface area contributed by atoms with Gasteiger partial charge in [-0.1, -0.05) is 0 Å². The van der Waals surface area contributed by atoms with Gasteiger partial charge in [0.25, 0.3) is 5.56 Å². The van der Waals surface area contributed by atoms with E-state index in [0.29, 0.717) is 55.3 Å². The Labute approximate surface area is 185 Å². The number of anilines is 1. The monoisotopic (exact) mass is 437 g/mol. The van der Waals surface area contributed by atoms with Gasteiger partial charge in [0.2, 0.25) is 5.95 Å². The minimum atomic E-state index is -0.179. The third-order valence-corrected chi connectivity index (χ3v) is 6.54. The van der Waals surface area contributed by atoms with E-state index in [1.165, 1.54) is 4.57 Å². The lowest BCUT2D eigenvalue weighted by Gasteiger charge is -2.33. The third-order valence-electron chi connectivity index (χ3n) is 6.54. The van der Waals surface area contributed by atoms with Crippen LogP contribution in [0.3, 0.4) is 0 Å². The average Bonchev–Trinajstić information content (AvgIpc) is 3.24. The van der Waals surface area contributed by atoms with Gasteiger partial charge in [-0.15, -0.1) is 0 Å². The molecule has 2 aliphatic rings. The van der Waals surface area contributed by atoms with Gasteiger partial charge in [-0.3, -0.25) is 18.8 Å². The van der Waals surface area contributed by atoms with Crippen molar-refractivity contribution >= 4 is 22.8 Å². The summed E-state index contributed by atoms with van der Waals surface area (Å²) in [5.74, 6) is 1.51. The number of ketones is 1. The van der Waals surface area contributed by atoms with Crippen molar-refractivity contribution in [1.29, 1.82) is 0 Å². The number of aromatic nitrogens is 6. The lowest BCUT2D eigenvalue weighted by Crippen LogP contribution is -2.40. The maximum Gasteiger partial charge on any atom is 0.279 e. The van der Waals surface area contributed by atoms with E-state index in [0.717, 1.165) is 24.1 Å². The second kappa shape index (κ2) is 8.09. The maximum absolute atomic E-state index is 13.1. The standard InChI is InChI=1S/C22H27N7O3/c1-13-24-19-18(14-4-6-16(30)7-5-14)25-22(26-20(19)21(31)28(13)3)29-8-9-32-17(12-29)15-10-23-27(2)11-15/h10-11,14,17H,4-9,12H2,1-3H3. The molecule has 10 heteroatoms. The summed E-state index contributed by atoms with van der Waals surface area (Å²) < 4.78 is 9.24. The molecule has 10 nitrogen and oxygen atoms in total. The fraction of sp³-hybridized carbons (Fsp3) is 0.545. The SMILES string of the molecule is Cc1nc2c(C3CCC(=O)CC3)nc(N3CCOC(c4cnn(C)c4)C3)nc2c(=O)n1C. The van der Waals surface area contributed by atoms with Gasteiger partial charge in [0.1, 0.15) is 23.2 Å². The first kappa shape index (κ1) is 20.7. The molecule has 5 rings (SSSR count). The lowest BCUT2D eigenvalue weighted by molar-refractivity contribution is -0.120. The number of morpholine rings is 1. The van der Waals surface area contributed by atoms with Gasteiger partial charge in [-0.05, 0) is 19.8 Å². The minimum Gasteiger partial charge on any atom is -0.370 e. The molecule has 1 saturated carbocycles. The summed E-state index contributed by atoms with van der Waals surface area (Å²) in [5.41, 5.74) is 2.49. The summed E-state index contributed by atoms with van der Waals surface area (Å²) >= 11 is 0. The van der Waals surface area contributed by atoms with Crippen molar-refractivity contribution < 1.29 is 9.53 Å². The molecule has 3 aromatic rings. The summed E-state index contributed by atoms with van der Waals surface area (Å²) in [4.78, 5) is 41.3. The molecule has 0 N–H and O–H groups in total. The van der Waals surface area contributed by atoms with Crippen molar-refractivity contribution in [2.75, 3.05) is 24.6 Å². The summed E-state index contributed by atoms with van der Waals surface area (Å²) in [6.45, 7) is 3.53. The van der Waals surface area contributed by atoms with Crippen LogP contribution in [0.15, 0.2) is 17.2 Å². The molecule has 0 aromatic carbocycles. The summed E-state index contributed by atoms with van der Waals surface area (Å²) in [7, 11) is 3.58. The predicted octanol–water partition coefficient (Wildman–Crippen LogP) is 1.57. The van der Waals surface area contributed by atoms with E-state index in [1.807, 2.05) is 26.4 Å². The number of aryl methyl sites for hydroxylation is 2. The van der Waals surface area contributed by atoms with Crippen molar-refractivity contribution in [1.82, 2.24) is 29.3 Å². The fourth-order valence-corrected chi connectivity index (χ4v) is 4.54. The van der Waals surface area contributed by atoms with Crippen molar-refractivity contribution in [3.05, 3.63) is 39.8 Å². The number of ether oxygens (including phenoxy) is 1. The Bertz CT molecular complexity index is 1240. The molecule has 4 heterocycles. The Morgan fingerprint density at radius 3 is 2.56 bits per heavy atom. The molecule has 0 amide bonds. The van der Waals surface area contributed by atoms with Crippen LogP contribution in [-0.4, -0.2) is 54.8 Å². The number of fused-ring (bicyclic) bond motifs is 1. The maximum atomic E-state index is 13.1. The first-order valence-electron chi connectivity index (χ1n) is 11.0. The van der Waals surface area contributed by atoms with Crippen LogP contribution in [0.1, 0.15) is 54.8 Å². The molecule has 0 bridgehead atoms. The van der Waals surface area contributed by atoms with Crippen molar-refractivity contribution in [3.8, 4) is 0 Å². The molecule has 1 aliphatic heterocycles. The van der Waals surface area contributed by atoms with E-state index < -0.39 is 0 Å². The Morgan fingerprint density at radius 2 is 1.84 bits per heavy atom. The van der Waals surface area contributed by atoms with Crippen LogP contribution in [0, 0.1) is 6.92 Å². The number of Topliss-reactive ketones (excluding diaryl/α,β-unsaturated/α-hetero) is 1. The Hall–Kier alpha value is -3.14. The van der Waals surface area contributed by atoms with Crippen molar-refractivity contribution in [3.63, 3.8) is 0 Å². The van der Waals surface area contributed by atoms with E-state index >= 15 is 0 Å². The van der Waals surface area contributed by atoms with Gasteiger partial charge < -0.3 is 9.64 Å². The van der Waals surface area contributed by atoms with Gasteiger partial charge in [0, 0.05) is 51.2 Å². The molecule has 1 unspecified atom stereocenters. The van der Waals surface area contributed by atoms with Crippen molar-refractivity contribution in [2.24, 2.45) is 14.1 Å². The smallest absolute Gasteiger partial charge is 0.279 e. The number of hydrogen-bond acceptors (Lipinski definition) is 8. The number of nitrogens with zero attached hydrogens (tertiary/aromatic N) is 7. The molecule has 0 radical (unpaired) electrons. The number of hydrogen-bond donors (Lipinski definition) is 0. The topological polar surface area (TPSA) is 108 Å². The number of carbonyl (C=O) groups excluding carboxylic acids is 1. The van der Waals surface area contributed by atoms with Crippen LogP contribution in [0.5, 0.6) is 0 Å². The first-order valence-corrected chi connectivity index (χ1v) is 11.0. The van der Waals surface area contributed by atoms with Crippen LogP contribution in [0.25, 0.3) is 11.0 Å². The highest BCUT2D eigenvalue weighted by Crippen LogP contribution is 2.34. The molecular formula is C22H27N7O3. The Kier molecular flexibility index (Phi) is 5.24. The number of rotatable bonds is 3. The summed E-state index contributed by atoms with van der Waals surface area (Å²) in [6.07, 6.45) is 6.13. The van der Waals surface area contributed by atoms with Gasteiger partial charge in [0.15, 0.2) is 5.52 Å². The Morgan fingerprint density at radius 1 is 1.06 bits per heavy atom. The largest absolute Gasteiger partial charge is 0.370 e. The number of carbonyl (C=O) groups is 1. The molecule has 2 fully saturated rings. The molecule has 1 saturated heterocycles. The first-order chi connectivity index (χ1) is 15.4. The highest BCUT2D eigenvalue weighted by atomic mass is 16.5. The Balaban J connectivity index is 1.58. The van der Waals surface area contributed by atoms with Crippen LogP contribution in [-0.2, 0) is 23.6 Å². The van der Waals surface area contributed by atoms with E-state index in [-0.39, 0.29) is 23.4 Å². The molecular weight excluding hydrogens is 410 g/mol.